The summed E-state index contributed by atoms with van der Waals surface area (Å²) >= 11 is 11.3. The van der Waals surface area contributed by atoms with E-state index < -0.39 is 0 Å². The van der Waals surface area contributed by atoms with Crippen LogP contribution < -0.4 is 5.73 Å². The summed E-state index contributed by atoms with van der Waals surface area (Å²) in [5.41, 5.74) is 6.14. The van der Waals surface area contributed by atoms with Gasteiger partial charge in [0.25, 0.3) is 0 Å². The summed E-state index contributed by atoms with van der Waals surface area (Å²) in [5, 5.41) is 0. The van der Waals surface area contributed by atoms with Crippen LogP contribution in [0.4, 0.5) is 0 Å². The lowest BCUT2D eigenvalue weighted by Gasteiger charge is -2.41. The molecule has 1 nitrogen and oxygen atoms in total. The summed E-state index contributed by atoms with van der Waals surface area (Å²) in [7, 11) is 0. The molecule has 0 bridgehead atoms. The van der Waals surface area contributed by atoms with E-state index in [9.17, 15) is 0 Å². The van der Waals surface area contributed by atoms with Crippen molar-refractivity contribution in [3.63, 3.8) is 0 Å². The van der Waals surface area contributed by atoms with Crippen LogP contribution >= 0.6 is 23.2 Å². The second-order valence-corrected chi connectivity index (χ2v) is 5.42. The van der Waals surface area contributed by atoms with Crippen molar-refractivity contribution in [2.45, 2.75) is 39.0 Å². The van der Waals surface area contributed by atoms with Crippen molar-refractivity contribution in [1.29, 1.82) is 0 Å². The lowest BCUT2D eigenvalue weighted by atomic mass is 9.65. The van der Waals surface area contributed by atoms with Crippen molar-refractivity contribution in [2.24, 2.45) is 17.1 Å². The predicted molar refractivity (Wildman–Crippen MR) is 63.5 cm³/mol. The van der Waals surface area contributed by atoms with Crippen molar-refractivity contribution >= 4 is 23.2 Å². The highest BCUT2D eigenvalue weighted by molar-refractivity contribution is 6.55. The SMILES string of the molecule is CC1CCCCC1(CN)CC=C(Cl)Cl. The van der Waals surface area contributed by atoms with E-state index in [1.165, 1.54) is 25.7 Å². The number of halogens is 2. The Balaban J connectivity index is 2.68. The van der Waals surface area contributed by atoms with Gasteiger partial charge in [-0.15, -0.1) is 0 Å². The fourth-order valence-electron chi connectivity index (χ4n) is 2.45. The van der Waals surface area contributed by atoms with E-state index in [2.05, 4.69) is 6.92 Å². The van der Waals surface area contributed by atoms with Crippen molar-refractivity contribution in [2.75, 3.05) is 6.54 Å². The number of rotatable bonds is 3. The molecule has 1 aliphatic rings. The van der Waals surface area contributed by atoms with Gasteiger partial charge in [0.2, 0.25) is 0 Å². The van der Waals surface area contributed by atoms with Gasteiger partial charge in [0, 0.05) is 0 Å². The van der Waals surface area contributed by atoms with Crippen LogP contribution in [-0.2, 0) is 0 Å². The molecule has 0 amide bonds. The third-order valence-electron chi connectivity index (χ3n) is 3.68. The Kier molecular flexibility index (Phi) is 4.75. The van der Waals surface area contributed by atoms with Crippen LogP contribution in [0.15, 0.2) is 10.6 Å². The minimum atomic E-state index is 0.243. The average molecular weight is 236 g/mol. The van der Waals surface area contributed by atoms with E-state index in [1.54, 1.807) is 0 Å². The summed E-state index contributed by atoms with van der Waals surface area (Å²) in [6, 6.07) is 0. The average Bonchev–Trinajstić information content (AvgIpc) is 2.17. The number of hydrogen-bond acceptors (Lipinski definition) is 1. The number of hydrogen-bond donors (Lipinski definition) is 1. The Bertz CT molecular complexity index is 211. The van der Waals surface area contributed by atoms with Crippen molar-refractivity contribution in [3.8, 4) is 0 Å². The van der Waals surface area contributed by atoms with E-state index in [-0.39, 0.29) is 5.41 Å². The van der Waals surface area contributed by atoms with Gasteiger partial charge >= 0.3 is 0 Å². The molecule has 0 radical (unpaired) electrons. The smallest absolute Gasteiger partial charge is 0.102 e. The van der Waals surface area contributed by atoms with E-state index >= 15 is 0 Å². The molecule has 0 aromatic heterocycles. The largest absolute Gasteiger partial charge is 0.330 e. The fourth-order valence-corrected chi connectivity index (χ4v) is 2.60. The summed E-state index contributed by atoms with van der Waals surface area (Å²) < 4.78 is 0.371. The Labute approximate surface area is 96.6 Å². The van der Waals surface area contributed by atoms with E-state index in [0.717, 1.165) is 13.0 Å². The van der Waals surface area contributed by atoms with Crippen molar-refractivity contribution < 1.29 is 0 Å². The Morgan fingerprint density at radius 1 is 1.50 bits per heavy atom. The molecule has 14 heavy (non-hydrogen) atoms. The molecule has 3 heteroatoms. The maximum absolute atomic E-state index is 5.90. The molecule has 0 heterocycles. The summed E-state index contributed by atoms with van der Waals surface area (Å²) in [5.74, 6) is 0.685. The molecule has 0 saturated heterocycles. The van der Waals surface area contributed by atoms with Gasteiger partial charge in [0.1, 0.15) is 4.49 Å². The first-order valence-electron chi connectivity index (χ1n) is 5.32. The standard InChI is InChI=1S/C11H19Cl2N/c1-9-4-2-3-6-11(9,8-14)7-5-10(12)13/h5,9H,2-4,6-8,14H2,1H3. The van der Waals surface area contributed by atoms with E-state index in [0.29, 0.717) is 10.4 Å². The molecular weight excluding hydrogens is 217 g/mol. The van der Waals surface area contributed by atoms with Crippen LogP contribution in [0, 0.1) is 11.3 Å². The molecule has 2 N–H and O–H groups in total. The molecule has 82 valence electrons. The molecule has 2 unspecified atom stereocenters. The van der Waals surface area contributed by atoms with Gasteiger partial charge in [0.15, 0.2) is 0 Å². The van der Waals surface area contributed by atoms with Crippen molar-refractivity contribution in [3.05, 3.63) is 10.6 Å². The first-order chi connectivity index (χ1) is 6.60. The monoisotopic (exact) mass is 235 g/mol. The third kappa shape index (κ3) is 2.88. The van der Waals surface area contributed by atoms with Gasteiger partial charge in [-0.2, -0.15) is 0 Å². The quantitative estimate of drug-likeness (QED) is 0.791. The Morgan fingerprint density at radius 3 is 2.71 bits per heavy atom. The van der Waals surface area contributed by atoms with Crippen LogP contribution in [0.3, 0.4) is 0 Å². The highest BCUT2D eigenvalue weighted by atomic mass is 35.5. The Hall–Kier alpha value is 0.280. The van der Waals surface area contributed by atoms with E-state index in [4.69, 9.17) is 28.9 Å². The number of nitrogens with two attached hydrogens (primary N) is 1. The topological polar surface area (TPSA) is 26.0 Å². The van der Waals surface area contributed by atoms with Crippen LogP contribution in [0.2, 0.25) is 0 Å². The van der Waals surface area contributed by atoms with Crippen LogP contribution in [0.25, 0.3) is 0 Å². The van der Waals surface area contributed by atoms with Gasteiger partial charge < -0.3 is 5.73 Å². The first-order valence-corrected chi connectivity index (χ1v) is 6.07. The third-order valence-corrected chi connectivity index (χ3v) is 3.99. The summed E-state index contributed by atoms with van der Waals surface area (Å²) in [4.78, 5) is 0. The molecule has 2 atom stereocenters. The zero-order chi connectivity index (χ0) is 10.6. The number of allylic oxidation sites excluding steroid dienone is 1. The summed E-state index contributed by atoms with van der Waals surface area (Å²) in [6.07, 6.45) is 7.94. The zero-order valence-corrected chi connectivity index (χ0v) is 10.2. The lowest BCUT2D eigenvalue weighted by molar-refractivity contribution is 0.120. The molecule has 1 fully saturated rings. The van der Waals surface area contributed by atoms with Gasteiger partial charge in [-0.05, 0) is 30.7 Å². The van der Waals surface area contributed by atoms with Gasteiger partial charge in [-0.1, -0.05) is 55.5 Å². The zero-order valence-electron chi connectivity index (χ0n) is 8.73. The normalized spacial score (nSPS) is 32.7. The Morgan fingerprint density at radius 2 is 2.21 bits per heavy atom. The van der Waals surface area contributed by atoms with Gasteiger partial charge in [-0.25, -0.2) is 0 Å². The van der Waals surface area contributed by atoms with Crippen LogP contribution in [0.1, 0.15) is 39.0 Å². The maximum atomic E-state index is 5.90. The summed E-state index contributed by atoms with van der Waals surface area (Å²) in [6.45, 7) is 3.04. The second kappa shape index (κ2) is 5.39. The highest BCUT2D eigenvalue weighted by Crippen LogP contribution is 2.43. The fraction of sp³-hybridized carbons (Fsp3) is 0.818. The maximum Gasteiger partial charge on any atom is 0.102 e. The van der Waals surface area contributed by atoms with Crippen LogP contribution in [0.5, 0.6) is 0 Å². The highest BCUT2D eigenvalue weighted by Gasteiger charge is 2.35. The second-order valence-electron chi connectivity index (χ2n) is 4.41. The molecule has 0 aromatic rings. The molecular formula is C11H19Cl2N. The van der Waals surface area contributed by atoms with Gasteiger partial charge in [0.05, 0.1) is 0 Å². The molecule has 1 aliphatic carbocycles. The molecule has 0 aromatic carbocycles. The molecule has 0 spiro atoms. The minimum Gasteiger partial charge on any atom is -0.330 e. The molecule has 1 rings (SSSR count). The molecule has 1 saturated carbocycles. The van der Waals surface area contributed by atoms with E-state index in [1.807, 2.05) is 6.08 Å². The first kappa shape index (κ1) is 12.4. The molecule has 0 aliphatic heterocycles. The van der Waals surface area contributed by atoms with Crippen LogP contribution in [-0.4, -0.2) is 6.54 Å². The predicted octanol–water partition coefficient (Wildman–Crippen LogP) is 3.85. The minimum absolute atomic E-state index is 0.243. The van der Waals surface area contributed by atoms with Gasteiger partial charge in [-0.3, -0.25) is 0 Å². The lowest BCUT2D eigenvalue weighted by Crippen LogP contribution is -2.38. The van der Waals surface area contributed by atoms with Crippen molar-refractivity contribution in [1.82, 2.24) is 0 Å².